The molecule has 6 nitrogen and oxygen atoms in total. The number of hydrogen-bond donors (Lipinski definition) is 2. The summed E-state index contributed by atoms with van der Waals surface area (Å²) in [5.74, 6) is 0.348. The highest BCUT2D eigenvalue weighted by Crippen LogP contribution is 2.19. The molecule has 2 fully saturated rings. The van der Waals surface area contributed by atoms with Crippen molar-refractivity contribution in [1.82, 2.24) is 15.5 Å². The van der Waals surface area contributed by atoms with Gasteiger partial charge in [-0.25, -0.2) is 4.79 Å². The SMILES string of the molecule is CC(C)(C)OC(=O)NCC1COCC1N1CCNCC1. The second-order valence-corrected chi connectivity index (χ2v) is 6.53. The lowest BCUT2D eigenvalue weighted by molar-refractivity contribution is 0.0509. The number of hydrogen-bond acceptors (Lipinski definition) is 5. The van der Waals surface area contributed by atoms with Gasteiger partial charge in [0, 0.05) is 44.7 Å². The molecule has 0 radical (unpaired) electrons. The Balaban J connectivity index is 1.77. The van der Waals surface area contributed by atoms with Crippen molar-refractivity contribution >= 4 is 6.09 Å². The van der Waals surface area contributed by atoms with Crippen LogP contribution in [0.1, 0.15) is 20.8 Å². The molecule has 6 heteroatoms. The molecule has 2 heterocycles. The number of alkyl carbamates (subject to hydrolysis) is 1. The Kier molecular flexibility index (Phi) is 5.23. The van der Waals surface area contributed by atoms with Gasteiger partial charge in [0.1, 0.15) is 5.60 Å². The van der Waals surface area contributed by atoms with Crippen molar-refractivity contribution < 1.29 is 14.3 Å². The van der Waals surface area contributed by atoms with Crippen LogP contribution in [0.15, 0.2) is 0 Å². The summed E-state index contributed by atoms with van der Waals surface area (Å²) < 4.78 is 10.9. The number of amides is 1. The van der Waals surface area contributed by atoms with Gasteiger partial charge in [0.2, 0.25) is 0 Å². The van der Waals surface area contributed by atoms with Gasteiger partial charge in [0.05, 0.1) is 13.2 Å². The molecular formula is C14H27N3O3. The molecule has 2 atom stereocenters. The number of rotatable bonds is 3. The molecule has 0 aliphatic carbocycles. The molecule has 0 spiro atoms. The highest BCUT2D eigenvalue weighted by Gasteiger charge is 2.34. The zero-order valence-electron chi connectivity index (χ0n) is 12.8. The Labute approximate surface area is 121 Å². The van der Waals surface area contributed by atoms with E-state index in [1.165, 1.54) is 0 Å². The van der Waals surface area contributed by atoms with Crippen molar-refractivity contribution in [3.63, 3.8) is 0 Å². The summed E-state index contributed by atoms with van der Waals surface area (Å²) in [5.41, 5.74) is -0.450. The van der Waals surface area contributed by atoms with Gasteiger partial charge in [-0.1, -0.05) is 0 Å². The number of carbonyl (C=O) groups is 1. The summed E-state index contributed by atoms with van der Waals surface area (Å²) in [7, 11) is 0. The fourth-order valence-corrected chi connectivity index (χ4v) is 2.73. The highest BCUT2D eigenvalue weighted by molar-refractivity contribution is 5.67. The van der Waals surface area contributed by atoms with Gasteiger partial charge in [-0.05, 0) is 20.8 Å². The average molecular weight is 285 g/mol. The molecule has 2 N–H and O–H groups in total. The quantitative estimate of drug-likeness (QED) is 0.787. The van der Waals surface area contributed by atoms with Crippen LogP contribution in [0.3, 0.4) is 0 Å². The summed E-state index contributed by atoms with van der Waals surface area (Å²) >= 11 is 0. The minimum atomic E-state index is -0.450. The number of carbonyl (C=O) groups excluding carboxylic acids is 1. The topological polar surface area (TPSA) is 62.8 Å². The summed E-state index contributed by atoms with van der Waals surface area (Å²) in [5, 5.41) is 6.22. The molecule has 0 aromatic rings. The van der Waals surface area contributed by atoms with E-state index in [0.29, 0.717) is 25.1 Å². The molecular weight excluding hydrogens is 258 g/mol. The van der Waals surface area contributed by atoms with E-state index >= 15 is 0 Å². The Morgan fingerprint density at radius 1 is 1.35 bits per heavy atom. The van der Waals surface area contributed by atoms with Gasteiger partial charge in [-0.2, -0.15) is 0 Å². The molecule has 20 heavy (non-hydrogen) atoms. The number of nitrogens with one attached hydrogen (secondary N) is 2. The van der Waals surface area contributed by atoms with Gasteiger partial charge < -0.3 is 20.1 Å². The standard InChI is InChI=1S/C14H27N3O3/c1-14(2,3)20-13(18)16-8-11-9-19-10-12(11)17-6-4-15-5-7-17/h11-12,15H,4-10H2,1-3H3,(H,16,18). The van der Waals surface area contributed by atoms with Gasteiger partial charge in [-0.15, -0.1) is 0 Å². The predicted octanol–water partition coefficient (Wildman–Crippen LogP) is 0.431. The minimum absolute atomic E-state index is 0.344. The Hall–Kier alpha value is -0.850. The third-order valence-corrected chi connectivity index (χ3v) is 3.69. The third kappa shape index (κ3) is 4.61. The Morgan fingerprint density at radius 3 is 2.70 bits per heavy atom. The van der Waals surface area contributed by atoms with Crippen LogP contribution in [-0.4, -0.2) is 68.6 Å². The number of ether oxygens (including phenoxy) is 2. The monoisotopic (exact) mass is 285 g/mol. The molecule has 0 aromatic carbocycles. The van der Waals surface area contributed by atoms with Crippen LogP contribution in [0.5, 0.6) is 0 Å². The second-order valence-electron chi connectivity index (χ2n) is 6.53. The molecule has 2 aliphatic rings. The lowest BCUT2D eigenvalue weighted by Gasteiger charge is -2.35. The maximum atomic E-state index is 11.7. The Morgan fingerprint density at radius 2 is 2.05 bits per heavy atom. The van der Waals surface area contributed by atoms with Crippen LogP contribution in [-0.2, 0) is 9.47 Å². The fraction of sp³-hybridized carbons (Fsp3) is 0.929. The maximum Gasteiger partial charge on any atom is 0.407 e. The van der Waals surface area contributed by atoms with E-state index < -0.39 is 5.60 Å². The Bertz CT molecular complexity index is 324. The highest BCUT2D eigenvalue weighted by atomic mass is 16.6. The van der Waals surface area contributed by atoms with E-state index in [1.807, 2.05) is 20.8 Å². The first-order chi connectivity index (χ1) is 9.46. The molecule has 0 bridgehead atoms. The summed E-state index contributed by atoms with van der Waals surface area (Å²) in [6.07, 6.45) is -0.344. The number of piperazine rings is 1. The smallest absolute Gasteiger partial charge is 0.407 e. The molecule has 0 saturated carbocycles. The van der Waals surface area contributed by atoms with E-state index in [2.05, 4.69) is 15.5 Å². The van der Waals surface area contributed by atoms with Crippen LogP contribution < -0.4 is 10.6 Å². The molecule has 2 rings (SSSR count). The van der Waals surface area contributed by atoms with Gasteiger partial charge >= 0.3 is 6.09 Å². The van der Waals surface area contributed by atoms with Crippen molar-refractivity contribution in [2.45, 2.75) is 32.4 Å². The first-order valence-corrected chi connectivity index (χ1v) is 7.45. The lowest BCUT2D eigenvalue weighted by atomic mass is 10.0. The van der Waals surface area contributed by atoms with Crippen LogP contribution in [0.4, 0.5) is 4.79 Å². The van der Waals surface area contributed by atoms with E-state index in [9.17, 15) is 4.79 Å². The summed E-state index contributed by atoms with van der Waals surface area (Å²) in [4.78, 5) is 14.2. The first kappa shape index (κ1) is 15.5. The van der Waals surface area contributed by atoms with Crippen LogP contribution >= 0.6 is 0 Å². The largest absolute Gasteiger partial charge is 0.444 e. The van der Waals surface area contributed by atoms with E-state index in [4.69, 9.17) is 9.47 Å². The van der Waals surface area contributed by atoms with Crippen molar-refractivity contribution in [3.8, 4) is 0 Å². The van der Waals surface area contributed by atoms with Crippen molar-refractivity contribution in [2.75, 3.05) is 45.9 Å². The van der Waals surface area contributed by atoms with Crippen LogP contribution in [0.2, 0.25) is 0 Å². The van der Waals surface area contributed by atoms with Crippen molar-refractivity contribution in [3.05, 3.63) is 0 Å². The van der Waals surface area contributed by atoms with Gasteiger partial charge in [0.25, 0.3) is 0 Å². The van der Waals surface area contributed by atoms with Crippen molar-refractivity contribution in [1.29, 1.82) is 0 Å². The molecule has 1 amide bonds. The number of nitrogens with zero attached hydrogens (tertiary/aromatic N) is 1. The van der Waals surface area contributed by atoms with Crippen LogP contribution in [0, 0.1) is 5.92 Å². The zero-order chi connectivity index (χ0) is 14.6. The summed E-state index contributed by atoms with van der Waals surface area (Å²) in [6, 6.07) is 0.409. The van der Waals surface area contributed by atoms with Gasteiger partial charge in [-0.3, -0.25) is 4.90 Å². The van der Waals surface area contributed by atoms with Crippen molar-refractivity contribution in [2.24, 2.45) is 5.92 Å². The molecule has 2 aliphatic heterocycles. The average Bonchev–Trinajstić information content (AvgIpc) is 2.83. The maximum absolute atomic E-state index is 11.7. The van der Waals surface area contributed by atoms with Gasteiger partial charge in [0.15, 0.2) is 0 Å². The van der Waals surface area contributed by atoms with Crippen LogP contribution in [0.25, 0.3) is 0 Å². The first-order valence-electron chi connectivity index (χ1n) is 7.45. The normalized spacial score (nSPS) is 28.4. The van der Waals surface area contributed by atoms with E-state index in [0.717, 1.165) is 32.8 Å². The molecule has 0 aromatic heterocycles. The second kappa shape index (κ2) is 6.74. The lowest BCUT2D eigenvalue weighted by Crippen LogP contribution is -2.52. The fourth-order valence-electron chi connectivity index (χ4n) is 2.73. The predicted molar refractivity (Wildman–Crippen MR) is 76.8 cm³/mol. The van der Waals surface area contributed by atoms with E-state index in [-0.39, 0.29) is 6.09 Å². The summed E-state index contributed by atoms with van der Waals surface area (Å²) in [6.45, 7) is 11.9. The third-order valence-electron chi connectivity index (χ3n) is 3.69. The molecule has 2 unspecified atom stereocenters. The molecule has 116 valence electrons. The zero-order valence-corrected chi connectivity index (χ0v) is 12.8. The molecule has 2 saturated heterocycles. The minimum Gasteiger partial charge on any atom is -0.444 e. The van der Waals surface area contributed by atoms with E-state index in [1.54, 1.807) is 0 Å².